The summed E-state index contributed by atoms with van der Waals surface area (Å²) in [4.78, 5) is 12.0. The van der Waals surface area contributed by atoms with Crippen LogP contribution in [0.25, 0.3) is 0 Å². The van der Waals surface area contributed by atoms with Crippen LogP contribution in [0.3, 0.4) is 0 Å². The van der Waals surface area contributed by atoms with E-state index in [2.05, 4.69) is 13.8 Å². The van der Waals surface area contributed by atoms with Crippen molar-refractivity contribution in [1.29, 1.82) is 0 Å². The number of carbonyl (C=O) groups is 1. The Balaban J connectivity index is 2.01. The molecule has 2 nitrogen and oxygen atoms in total. The second-order valence-corrected chi connectivity index (χ2v) is 4.99. The number of hydrogen-bond acceptors (Lipinski definition) is 2. The van der Waals surface area contributed by atoms with Gasteiger partial charge < -0.3 is 4.74 Å². The summed E-state index contributed by atoms with van der Waals surface area (Å²) in [5.41, 5.74) is 0.781. The predicted octanol–water partition coefficient (Wildman–Crippen LogP) is 3.85. The Morgan fingerprint density at radius 2 is 2.24 bits per heavy atom. The minimum Gasteiger partial charge on any atom is -0.490 e. The molecule has 2 rings (SSSR count). The Bertz CT molecular complexity index is 394. The number of ether oxygens (including phenoxy) is 1. The van der Waals surface area contributed by atoms with Crippen molar-refractivity contribution in [3.05, 3.63) is 29.8 Å². The van der Waals surface area contributed by atoms with Gasteiger partial charge in [-0.2, -0.15) is 0 Å². The first-order valence-corrected chi connectivity index (χ1v) is 6.49. The van der Waals surface area contributed by atoms with Crippen molar-refractivity contribution in [3.63, 3.8) is 0 Å². The van der Waals surface area contributed by atoms with Crippen molar-refractivity contribution in [2.75, 3.05) is 0 Å². The molecule has 1 saturated carbocycles. The van der Waals surface area contributed by atoms with Gasteiger partial charge in [0.1, 0.15) is 5.75 Å². The Hall–Kier alpha value is -1.31. The van der Waals surface area contributed by atoms with Crippen molar-refractivity contribution in [2.24, 2.45) is 5.92 Å². The van der Waals surface area contributed by atoms with Crippen LogP contribution in [0.4, 0.5) is 0 Å². The normalized spacial score (nSPS) is 16.6. The molecule has 92 valence electrons. The van der Waals surface area contributed by atoms with E-state index in [1.807, 2.05) is 24.3 Å². The molecule has 1 atom stereocenters. The summed E-state index contributed by atoms with van der Waals surface area (Å²) in [7, 11) is 0. The van der Waals surface area contributed by atoms with Gasteiger partial charge in [-0.3, -0.25) is 4.79 Å². The zero-order valence-corrected chi connectivity index (χ0v) is 10.6. The monoisotopic (exact) mass is 232 g/mol. The van der Waals surface area contributed by atoms with Crippen LogP contribution >= 0.6 is 0 Å². The Morgan fingerprint density at radius 1 is 1.47 bits per heavy atom. The van der Waals surface area contributed by atoms with E-state index in [-0.39, 0.29) is 5.78 Å². The number of rotatable bonds is 6. The Morgan fingerprint density at radius 3 is 2.88 bits per heavy atom. The molecule has 0 saturated heterocycles. The average molecular weight is 232 g/mol. The van der Waals surface area contributed by atoms with Crippen LogP contribution in [0.5, 0.6) is 5.75 Å². The van der Waals surface area contributed by atoms with E-state index < -0.39 is 0 Å². The van der Waals surface area contributed by atoms with Gasteiger partial charge in [-0.05, 0) is 30.9 Å². The van der Waals surface area contributed by atoms with Crippen molar-refractivity contribution in [3.8, 4) is 5.75 Å². The van der Waals surface area contributed by atoms with Gasteiger partial charge in [0.25, 0.3) is 0 Å². The van der Waals surface area contributed by atoms with E-state index in [0.717, 1.165) is 30.6 Å². The third-order valence-corrected chi connectivity index (χ3v) is 3.21. The summed E-state index contributed by atoms with van der Waals surface area (Å²) in [6, 6.07) is 7.59. The lowest BCUT2D eigenvalue weighted by molar-refractivity contribution is 0.0963. The number of hydrogen-bond donors (Lipinski definition) is 0. The standard InChI is InChI=1S/C15H20O2/c1-3-11(2)9-15(16)12-5-4-6-14(10-12)17-13-7-8-13/h4-6,10-11,13H,3,7-9H2,1-2H3. The third kappa shape index (κ3) is 3.58. The number of carbonyl (C=O) groups excluding carboxylic acids is 1. The molecular weight excluding hydrogens is 212 g/mol. The Labute approximate surface area is 103 Å². The first-order valence-electron chi connectivity index (χ1n) is 6.49. The van der Waals surface area contributed by atoms with Crippen LogP contribution in [-0.4, -0.2) is 11.9 Å². The highest BCUT2D eigenvalue weighted by molar-refractivity contribution is 5.96. The lowest BCUT2D eigenvalue weighted by Gasteiger charge is -2.09. The molecule has 0 aliphatic heterocycles. The van der Waals surface area contributed by atoms with Gasteiger partial charge in [0.15, 0.2) is 5.78 Å². The third-order valence-electron chi connectivity index (χ3n) is 3.21. The van der Waals surface area contributed by atoms with Crippen molar-refractivity contribution < 1.29 is 9.53 Å². The number of Topliss-reactive ketones (excluding diaryl/α,β-unsaturated/α-hetero) is 1. The van der Waals surface area contributed by atoms with Crippen LogP contribution in [0.1, 0.15) is 49.9 Å². The van der Waals surface area contributed by atoms with E-state index in [1.54, 1.807) is 0 Å². The summed E-state index contributed by atoms with van der Waals surface area (Å²) in [5, 5.41) is 0. The largest absolute Gasteiger partial charge is 0.490 e. The fourth-order valence-electron chi connectivity index (χ4n) is 1.70. The van der Waals surface area contributed by atoms with Crippen LogP contribution < -0.4 is 4.74 Å². The molecule has 0 heterocycles. The average Bonchev–Trinajstić information content (AvgIpc) is 3.13. The molecule has 0 spiro atoms. The van der Waals surface area contributed by atoms with Crippen LogP contribution in [0.15, 0.2) is 24.3 Å². The van der Waals surface area contributed by atoms with Crippen LogP contribution in [-0.2, 0) is 0 Å². The van der Waals surface area contributed by atoms with Crippen LogP contribution in [0.2, 0.25) is 0 Å². The SMILES string of the molecule is CCC(C)CC(=O)c1cccc(OC2CC2)c1. The van der Waals surface area contributed by atoms with E-state index in [9.17, 15) is 4.79 Å². The molecule has 1 aliphatic rings. The van der Waals surface area contributed by atoms with E-state index in [4.69, 9.17) is 4.74 Å². The smallest absolute Gasteiger partial charge is 0.163 e. The molecule has 1 aromatic carbocycles. The molecule has 0 bridgehead atoms. The zero-order chi connectivity index (χ0) is 12.3. The summed E-state index contributed by atoms with van der Waals surface area (Å²) in [5.74, 6) is 1.51. The van der Waals surface area contributed by atoms with E-state index >= 15 is 0 Å². The summed E-state index contributed by atoms with van der Waals surface area (Å²) in [6.07, 6.45) is 4.35. The molecule has 1 aliphatic carbocycles. The van der Waals surface area contributed by atoms with Crippen molar-refractivity contribution in [1.82, 2.24) is 0 Å². The van der Waals surface area contributed by atoms with Crippen molar-refractivity contribution >= 4 is 5.78 Å². The molecule has 0 aromatic heterocycles. The van der Waals surface area contributed by atoms with Gasteiger partial charge in [0, 0.05) is 12.0 Å². The van der Waals surface area contributed by atoms with Gasteiger partial charge in [0.05, 0.1) is 6.10 Å². The lowest BCUT2D eigenvalue weighted by atomic mass is 9.98. The van der Waals surface area contributed by atoms with E-state index in [1.165, 1.54) is 0 Å². The maximum atomic E-state index is 12.0. The molecule has 1 fully saturated rings. The maximum Gasteiger partial charge on any atom is 0.163 e. The second kappa shape index (κ2) is 5.35. The highest BCUT2D eigenvalue weighted by Crippen LogP contribution is 2.27. The number of ketones is 1. The van der Waals surface area contributed by atoms with Gasteiger partial charge in [-0.1, -0.05) is 32.4 Å². The quantitative estimate of drug-likeness (QED) is 0.696. The highest BCUT2D eigenvalue weighted by Gasteiger charge is 2.23. The van der Waals surface area contributed by atoms with Gasteiger partial charge in [-0.25, -0.2) is 0 Å². The van der Waals surface area contributed by atoms with Crippen molar-refractivity contribution in [2.45, 2.75) is 45.6 Å². The maximum absolute atomic E-state index is 12.0. The predicted molar refractivity (Wildman–Crippen MR) is 68.5 cm³/mol. The van der Waals surface area contributed by atoms with Crippen LogP contribution in [0, 0.1) is 5.92 Å². The summed E-state index contributed by atoms with van der Waals surface area (Å²) < 4.78 is 5.70. The fourth-order valence-corrected chi connectivity index (χ4v) is 1.70. The first kappa shape index (κ1) is 12.2. The summed E-state index contributed by atoms with van der Waals surface area (Å²) in [6.45, 7) is 4.23. The second-order valence-electron chi connectivity index (χ2n) is 4.99. The molecule has 2 heteroatoms. The lowest BCUT2D eigenvalue weighted by Crippen LogP contribution is -2.06. The highest BCUT2D eigenvalue weighted by atomic mass is 16.5. The Kier molecular flexibility index (Phi) is 3.82. The molecule has 0 amide bonds. The fraction of sp³-hybridized carbons (Fsp3) is 0.533. The zero-order valence-electron chi connectivity index (χ0n) is 10.6. The van der Waals surface area contributed by atoms with Gasteiger partial charge in [-0.15, -0.1) is 0 Å². The number of benzene rings is 1. The molecule has 17 heavy (non-hydrogen) atoms. The molecule has 1 aromatic rings. The minimum absolute atomic E-state index is 0.223. The summed E-state index contributed by atoms with van der Waals surface area (Å²) >= 11 is 0. The molecular formula is C15H20O2. The first-order chi connectivity index (χ1) is 8.19. The minimum atomic E-state index is 0.223. The molecule has 0 radical (unpaired) electrons. The van der Waals surface area contributed by atoms with Gasteiger partial charge >= 0.3 is 0 Å². The molecule has 0 N–H and O–H groups in total. The van der Waals surface area contributed by atoms with E-state index in [0.29, 0.717) is 18.4 Å². The van der Waals surface area contributed by atoms with Gasteiger partial charge in [0.2, 0.25) is 0 Å². The molecule has 1 unspecified atom stereocenters. The topological polar surface area (TPSA) is 26.3 Å².